The Morgan fingerprint density at radius 1 is 1.32 bits per heavy atom. The van der Waals surface area contributed by atoms with E-state index >= 15 is 0 Å². The van der Waals surface area contributed by atoms with Gasteiger partial charge in [0.25, 0.3) is 5.91 Å². The normalized spacial score (nSPS) is 16.2. The van der Waals surface area contributed by atoms with Gasteiger partial charge in [0.15, 0.2) is 17.3 Å². The molecule has 1 aliphatic heterocycles. The number of halogens is 2. The average molecular weight is 387 g/mol. The van der Waals surface area contributed by atoms with Gasteiger partial charge in [-0.15, -0.1) is 0 Å². The number of piperidine rings is 1. The number of alkyl halides is 1. The molecular formula is C18H19F2N7O. The van der Waals surface area contributed by atoms with Gasteiger partial charge >= 0.3 is 0 Å². The van der Waals surface area contributed by atoms with E-state index in [1.165, 1.54) is 29.1 Å². The van der Waals surface area contributed by atoms with Crippen LogP contribution >= 0.6 is 0 Å². The van der Waals surface area contributed by atoms with Gasteiger partial charge < -0.3 is 20.8 Å². The second-order valence-electron chi connectivity index (χ2n) is 6.81. The van der Waals surface area contributed by atoms with Crippen LogP contribution in [0, 0.1) is 5.82 Å². The summed E-state index contributed by atoms with van der Waals surface area (Å²) in [6.45, 7) is 1.22. The molecule has 8 nitrogen and oxygen atoms in total. The fourth-order valence-electron chi connectivity index (χ4n) is 3.24. The van der Waals surface area contributed by atoms with Gasteiger partial charge in [-0.25, -0.2) is 18.7 Å². The molecular weight excluding hydrogens is 368 g/mol. The quantitative estimate of drug-likeness (QED) is 0.613. The van der Waals surface area contributed by atoms with Crippen LogP contribution in [0.3, 0.4) is 0 Å². The molecule has 1 fully saturated rings. The highest BCUT2D eigenvalue weighted by Crippen LogP contribution is 2.27. The molecule has 1 aliphatic rings. The molecule has 4 N–H and O–H groups in total. The Morgan fingerprint density at radius 2 is 2.11 bits per heavy atom. The van der Waals surface area contributed by atoms with Crippen molar-refractivity contribution < 1.29 is 13.6 Å². The maximum Gasteiger partial charge on any atom is 0.268 e. The van der Waals surface area contributed by atoms with Gasteiger partial charge in [0, 0.05) is 24.2 Å². The van der Waals surface area contributed by atoms with Crippen molar-refractivity contribution in [1.29, 1.82) is 0 Å². The topological polar surface area (TPSA) is 110 Å². The SMILES string of the molecule is NC(=O)c1cn2cc(-c3ccncc3F)nc(NCC3(F)CCNCC3)c2n1. The number of anilines is 1. The summed E-state index contributed by atoms with van der Waals surface area (Å²) in [6.07, 6.45) is 6.25. The summed E-state index contributed by atoms with van der Waals surface area (Å²) in [6, 6.07) is 1.49. The van der Waals surface area contributed by atoms with E-state index in [1.807, 2.05) is 0 Å². The number of aromatic nitrogens is 4. The lowest BCUT2D eigenvalue weighted by Crippen LogP contribution is -2.43. The zero-order valence-corrected chi connectivity index (χ0v) is 15.0. The van der Waals surface area contributed by atoms with Crippen molar-refractivity contribution >= 4 is 17.4 Å². The number of rotatable bonds is 5. The molecule has 146 valence electrons. The number of primary amides is 1. The first-order valence-electron chi connectivity index (χ1n) is 8.88. The molecule has 1 amide bonds. The number of nitrogens with zero attached hydrogens (tertiary/aromatic N) is 4. The third-order valence-corrected chi connectivity index (χ3v) is 4.81. The van der Waals surface area contributed by atoms with Crippen LogP contribution in [-0.4, -0.2) is 50.6 Å². The van der Waals surface area contributed by atoms with E-state index in [-0.39, 0.29) is 23.6 Å². The van der Waals surface area contributed by atoms with Crippen LogP contribution in [0.5, 0.6) is 0 Å². The number of carbonyl (C=O) groups is 1. The number of carbonyl (C=O) groups excluding carboxylic acids is 1. The molecule has 3 aromatic heterocycles. The minimum Gasteiger partial charge on any atom is -0.364 e. The van der Waals surface area contributed by atoms with Gasteiger partial charge in [-0.1, -0.05) is 0 Å². The van der Waals surface area contributed by atoms with Crippen LogP contribution in [0.15, 0.2) is 30.9 Å². The highest BCUT2D eigenvalue weighted by molar-refractivity contribution is 5.92. The lowest BCUT2D eigenvalue weighted by molar-refractivity contribution is 0.0996. The lowest BCUT2D eigenvalue weighted by atomic mass is 9.94. The van der Waals surface area contributed by atoms with Crippen LogP contribution in [0.1, 0.15) is 23.3 Å². The van der Waals surface area contributed by atoms with Crippen molar-refractivity contribution in [2.45, 2.75) is 18.5 Å². The van der Waals surface area contributed by atoms with Gasteiger partial charge in [-0.05, 0) is 32.0 Å². The number of pyridine rings is 1. The predicted octanol–water partition coefficient (Wildman–Crippen LogP) is 1.53. The van der Waals surface area contributed by atoms with E-state index in [2.05, 4.69) is 25.6 Å². The third kappa shape index (κ3) is 3.50. The number of amides is 1. The first-order chi connectivity index (χ1) is 13.5. The van der Waals surface area contributed by atoms with Crippen molar-refractivity contribution in [3.63, 3.8) is 0 Å². The minimum atomic E-state index is -1.39. The monoisotopic (exact) mass is 387 g/mol. The molecule has 28 heavy (non-hydrogen) atoms. The molecule has 0 aromatic carbocycles. The summed E-state index contributed by atoms with van der Waals surface area (Å²) < 4.78 is 30.7. The molecule has 0 spiro atoms. The lowest BCUT2D eigenvalue weighted by Gasteiger charge is -2.30. The smallest absolute Gasteiger partial charge is 0.268 e. The molecule has 4 heterocycles. The number of nitrogens with one attached hydrogen (secondary N) is 2. The summed E-state index contributed by atoms with van der Waals surface area (Å²) in [5, 5.41) is 6.11. The van der Waals surface area contributed by atoms with E-state index in [1.54, 1.807) is 0 Å². The number of fused-ring (bicyclic) bond motifs is 1. The first-order valence-corrected chi connectivity index (χ1v) is 8.88. The van der Waals surface area contributed by atoms with Gasteiger partial charge in [0.1, 0.15) is 11.4 Å². The van der Waals surface area contributed by atoms with Crippen LogP contribution < -0.4 is 16.4 Å². The Hall–Kier alpha value is -3.14. The Morgan fingerprint density at radius 3 is 2.82 bits per heavy atom. The van der Waals surface area contributed by atoms with Crippen molar-refractivity contribution in [2.75, 3.05) is 25.0 Å². The van der Waals surface area contributed by atoms with E-state index in [4.69, 9.17) is 5.73 Å². The molecule has 0 radical (unpaired) electrons. The maximum absolute atomic E-state index is 15.0. The summed E-state index contributed by atoms with van der Waals surface area (Å²) in [4.78, 5) is 23.9. The van der Waals surface area contributed by atoms with Crippen LogP contribution in [0.4, 0.5) is 14.6 Å². The molecule has 4 rings (SSSR count). The third-order valence-electron chi connectivity index (χ3n) is 4.81. The zero-order valence-electron chi connectivity index (χ0n) is 15.0. The molecule has 10 heteroatoms. The molecule has 0 unspecified atom stereocenters. The van der Waals surface area contributed by atoms with E-state index in [9.17, 15) is 13.6 Å². The highest BCUT2D eigenvalue weighted by Gasteiger charge is 2.32. The number of imidazole rings is 1. The summed E-state index contributed by atoms with van der Waals surface area (Å²) in [5.74, 6) is -1.00. The second kappa shape index (κ2) is 7.12. The number of hydrogen-bond donors (Lipinski definition) is 3. The fraction of sp³-hybridized carbons (Fsp3) is 0.333. The first kappa shape index (κ1) is 18.2. The van der Waals surface area contributed by atoms with Gasteiger partial charge in [0.05, 0.1) is 18.4 Å². The largest absolute Gasteiger partial charge is 0.364 e. The van der Waals surface area contributed by atoms with E-state index in [0.717, 1.165) is 6.20 Å². The molecule has 0 aliphatic carbocycles. The molecule has 0 saturated carbocycles. The Balaban J connectivity index is 1.76. The van der Waals surface area contributed by atoms with Crippen molar-refractivity contribution in [1.82, 2.24) is 24.7 Å². The number of nitrogens with two attached hydrogens (primary N) is 1. The summed E-state index contributed by atoms with van der Waals surface area (Å²) >= 11 is 0. The average Bonchev–Trinajstić information content (AvgIpc) is 3.12. The molecule has 0 bridgehead atoms. The van der Waals surface area contributed by atoms with E-state index < -0.39 is 17.4 Å². The number of hydrogen-bond acceptors (Lipinski definition) is 6. The Bertz CT molecular complexity index is 1030. The molecule has 1 saturated heterocycles. The van der Waals surface area contributed by atoms with Crippen molar-refractivity contribution in [2.24, 2.45) is 5.73 Å². The Labute approximate surface area is 159 Å². The summed E-state index contributed by atoms with van der Waals surface area (Å²) in [7, 11) is 0. The molecule has 3 aromatic rings. The fourth-order valence-corrected chi connectivity index (χ4v) is 3.24. The Kier molecular flexibility index (Phi) is 4.63. The highest BCUT2D eigenvalue weighted by atomic mass is 19.1. The zero-order chi connectivity index (χ0) is 19.7. The summed E-state index contributed by atoms with van der Waals surface area (Å²) in [5.41, 5.74) is 4.80. The van der Waals surface area contributed by atoms with Gasteiger partial charge in [0.2, 0.25) is 0 Å². The van der Waals surface area contributed by atoms with Crippen molar-refractivity contribution in [3.8, 4) is 11.3 Å². The van der Waals surface area contributed by atoms with Gasteiger partial charge in [-0.3, -0.25) is 9.78 Å². The van der Waals surface area contributed by atoms with Crippen LogP contribution in [0.25, 0.3) is 16.9 Å². The van der Waals surface area contributed by atoms with Gasteiger partial charge in [-0.2, -0.15) is 0 Å². The second-order valence-corrected chi connectivity index (χ2v) is 6.81. The predicted molar refractivity (Wildman–Crippen MR) is 99.1 cm³/mol. The van der Waals surface area contributed by atoms with Crippen LogP contribution in [-0.2, 0) is 0 Å². The van der Waals surface area contributed by atoms with Crippen LogP contribution in [0.2, 0.25) is 0 Å². The standard InChI is InChI=1S/C18H19F2N7O/c19-12-7-23-4-1-11(12)13-8-27-9-14(15(21)28)26-17(27)16(25-13)24-10-18(20)2-5-22-6-3-18/h1,4,7-9,22H,2-3,5-6,10H2,(H2,21,28)(H,24,25). The van der Waals surface area contributed by atoms with Crippen molar-refractivity contribution in [3.05, 3.63) is 42.4 Å². The van der Waals surface area contributed by atoms with E-state index in [0.29, 0.717) is 37.3 Å². The minimum absolute atomic E-state index is 0.0262. The maximum atomic E-state index is 15.0. The molecule has 0 atom stereocenters.